The predicted octanol–water partition coefficient (Wildman–Crippen LogP) is 0.948. The van der Waals surface area contributed by atoms with Gasteiger partial charge in [0, 0.05) is 23.1 Å². The van der Waals surface area contributed by atoms with Gasteiger partial charge in [0.1, 0.15) is 4.90 Å². The summed E-state index contributed by atoms with van der Waals surface area (Å²) in [4.78, 5) is 11.6. The summed E-state index contributed by atoms with van der Waals surface area (Å²) in [5.41, 5.74) is 0.0625. The third kappa shape index (κ3) is 2.13. The molecule has 90 valence electrons. The lowest BCUT2D eigenvalue weighted by Crippen LogP contribution is -2.23. The topological polar surface area (TPSA) is 82.2 Å². The van der Waals surface area contributed by atoms with E-state index in [9.17, 15) is 13.2 Å². The van der Waals surface area contributed by atoms with Gasteiger partial charge in [-0.15, -0.1) is 0 Å². The van der Waals surface area contributed by atoms with Gasteiger partial charge in [0.25, 0.3) is 0 Å². The van der Waals surface area contributed by atoms with Crippen LogP contribution in [0.5, 0.6) is 0 Å². The van der Waals surface area contributed by atoms with Crippen LogP contribution in [-0.4, -0.2) is 13.0 Å². The zero-order chi connectivity index (χ0) is 12.8. The maximum Gasteiger partial charge on any atom is 0.243 e. The van der Waals surface area contributed by atoms with Crippen LogP contribution in [-0.2, 0) is 17.1 Å². The first kappa shape index (κ1) is 12.3. The summed E-state index contributed by atoms with van der Waals surface area (Å²) in [5, 5.41) is 5.32. The molecular weight excluding hydrogens is 308 g/mol. The fourth-order valence-electron chi connectivity index (χ4n) is 1.64. The van der Waals surface area contributed by atoms with E-state index in [1.807, 2.05) is 0 Å². The number of pyridine rings is 1. The van der Waals surface area contributed by atoms with Gasteiger partial charge in [0.05, 0.1) is 5.52 Å². The van der Waals surface area contributed by atoms with Gasteiger partial charge < -0.3 is 4.57 Å². The Hall–Kier alpha value is -1.18. The molecule has 7 heteroatoms. The van der Waals surface area contributed by atoms with Gasteiger partial charge in [0.15, 0.2) is 0 Å². The minimum absolute atomic E-state index is 0.313. The molecule has 2 aromatic rings. The highest BCUT2D eigenvalue weighted by atomic mass is 79.9. The Bertz CT molecular complexity index is 765. The average molecular weight is 317 g/mol. The Labute approximate surface area is 106 Å². The molecule has 0 aliphatic heterocycles. The van der Waals surface area contributed by atoms with E-state index in [2.05, 4.69) is 15.9 Å². The third-order valence-electron chi connectivity index (χ3n) is 2.42. The lowest BCUT2D eigenvalue weighted by molar-refractivity contribution is 0.596. The summed E-state index contributed by atoms with van der Waals surface area (Å²) in [6.45, 7) is 0. The van der Waals surface area contributed by atoms with Crippen molar-refractivity contribution >= 4 is 36.9 Å². The maximum atomic E-state index is 12.0. The smallest absolute Gasteiger partial charge is 0.243 e. The van der Waals surface area contributed by atoms with E-state index in [1.54, 1.807) is 29.8 Å². The fourth-order valence-corrected chi connectivity index (χ4v) is 2.67. The molecule has 0 unspecified atom stereocenters. The SMILES string of the molecule is Cn1cc(S(N)(=O)=O)c(=O)c2cc(Br)ccc21. The average Bonchev–Trinajstić information content (AvgIpc) is 2.21. The van der Waals surface area contributed by atoms with E-state index >= 15 is 0 Å². The highest BCUT2D eigenvalue weighted by Crippen LogP contribution is 2.18. The number of sulfonamides is 1. The first-order valence-corrected chi connectivity index (χ1v) is 6.96. The Morgan fingerprint density at radius 1 is 1.35 bits per heavy atom. The van der Waals surface area contributed by atoms with Gasteiger partial charge in [-0.05, 0) is 18.2 Å². The number of nitrogens with zero attached hydrogens (tertiary/aromatic N) is 1. The molecule has 5 nitrogen and oxygen atoms in total. The number of primary sulfonamides is 1. The van der Waals surface area contributed by atoms with Crippen LogP contribution in [0.25, 0.3) is 10.9 Å². The Balaban J connectivity index is 3.04. The van der Waals surface area contributed by atoms with Gasteiger partial charge in [-0.3, -0.25) is 4.79 Å². The highest BCUT2D eigenvalue weighted by molar-refractivity contribution is 9.10. The van der Waals surface area contributed by atoms with Crippen LogP contribution in [0.4, 0.5) is 0 Å². The zero-order valence-corrected chi connectivity index (χ0v) is 11.2. The second-order valence-corrected chi connectivity index (χ2v) is 6.09. The third-order valence-corrected chi connectivity index (χ3v) is 3.82. The van der Waals surface area contributed by atoms with E-state index in [0.717, 1.165) is 0 Å². The lowest BCUT2D eigenvalue weighted by atomic mass is 10.2. The summed E-state index contributed by atoms with van der Waals surface area (Å²) in [6.07, 6.45) is 1.23. The molecule has 0 bridgehead atoms. The summed E-state index contributed by atoms with van der Waals surface area (Å²) in [5.74, 6) is 0. The predicted molar refractivity (Wildman–Crippen MR) is 68.3 cm³/mol. The van der Waals surface area contributed by atoms with Crippen molar-refractivity contribution in [1.29, 1.82) is 0 Å². The first-order valence-electron chi connectivity index (χ1n) is 4.62. The summed E-state index contributed by atoms with van der Waals surface area (Å²) >= 11 is 3.24. The quantitative estimate of drug-likeness (QED) is 0.850. The van der Waals surface area contributed by atoms with Crippen LogP contribution in [0.2, 0.25) is 0 Å². The van der Waals surface area contributed by atoms with Crippen molar-refractivity contribution < 1.29 is 8.42 Å². The minimum Gasteiger partial charge on any atom is -0.349 e. The molecule has 2 rings (SSSR count). The molecule has 0 fully saturated rings. The zero-order valence-electron chi connectivity index (χ0n) is 8.84. The molecule has 0 atom stereocenters. The van der Waals surface area contributed by atoms with Gasteiger partial charge in [-0.1, -0.05) is 15.9 Å². The Kier molecular flexibility index (Phi) is 2.84. The standard InChI is InChI=1S/C10H9BrN2O3S/c1-13-5-9(17(12,15)16)10(14)7-4-6(11)2-3-8(7)13/h2-5H,1H3,(H2,12,15,16). The number of benzene rings is 1. The number of hydrogen-bond acceptors (Lipinski definition) is 3. The molecule has 0 aliphatic rings. The molecule has 0 spiro atoms. The van der Waals surface area contributed by atoms with E-state index in [0.29, 0.717) is 15.4 Å². The van der Waals surface area contributed by atoms with Gasteiger partial charge in [-0.25, -0.2) is 13.6 Å². The molecular formula is C10H9BrN2O3S. The summed E-state index contributed by atoms with van der Waals surface area (Å²) in [7, 11) is -2.35. The summed E-state index contributed by atoms with van der Waals surface area (Å²) < 4.78 is 24.8. The van der Waals surface area contributed by atoms with Crippen molar-refractivity contribution in [2.45, 2.75) is 4.90 Å². The van der Waals surface area contributed by atoms with Crippen molar-refractivity contribution in [1.82, 2.24) is 4.57 Å². The molecule has 17 heavy (non-hydrogen) atoms. The molecule has 2 N–H and O–H groups in total. The normalized spacial score (nSPS) is 11.9. The maximum absolute atomic E-state index is 12.0. The Morgan fingerprint density at radius 3 is 2.59 bits per heavy atom. The molecule has 0 amide bonds. The number of fused-ring (bicyclic) bond motifs is 1. The molecule has 0 radical (unpaired) electrons. The van der Waals surface area contributed by atoms with Crippen molar-refractivity contribution in [3.05, 3.63) is 39.1 Å². The molecule has 0 aliphatic carbocycles. The van der Waals surface area contributed by atoms with Crippen molar-refractivity contribution in [3.8, 4) is 0 Å². The van der Waals surface area contributed by atoms with Gasteiger partial charge in [-0.2, -0.15) is 0 Å². The largest absolute Gasteiger partial charge is 0.349 e. The molecule has 0 saturated heterocycles. The van der Waals surface area contributed by atoms with Crippen LogP contribution in [0.3, 0.4) is 0 Å². The molecule has 1 heterocycles. The highest BCUT2D eigenvalue weighted by Gasteiger charge is 2.16. The number of aromatic nitrogens is 1. The van der Waals surface area contributed by atoms with Crippen LogP contribution < -0.4 is 10.6 Å². The van der Waals surface area contributed by atoms with Crippen molar-refractivity contribution in [2.24, 2.45) is 12.2 Å². The first-order chi connectivity index (χ1) is 7.80. The molecule has 0 saturated carbocycles. The van der Waals surface area contributed by atoms with E-state index in [1.165, 1.54) is 6.20 Å². The summed E-state index contributed by atoms with van der Waals surface area (Å²) in [6, 6.07) is 5.08. The second kappa shape index (κ2) is 3.94. The lowest BCUT2D eigenvalue weighted by Gasteiger charge is -2.07. The molecule has 1 aromatic heterocycles. The van der Waals surface area contributed by atoms with Crippen molar-refractivity contribution in [2.75, 3.05) is 0 Å². The van der Waals surface area contributed by atoms with Gasteiger partial charge >= 0.3 is 0 Å². The number of nitrogens with two attached hydrogens (primary N) is 1. The van der Waals surface area contributed by atoms with Crippen LogP contribution in [0.15, 0.2) is 38.6 Å². The van der Waals surface area contributed by atoms with E-state index < -0.39 is 20.3 Å². The number of hydrogen-bond donors (Lipinski definition) is 1. The van der Waals surface area contributed by atoms with Gasteiger partial charge in [0.2, 0.25) is 15.5 Å². The monoisotopic (exact) mass is 316 g/mol. The minimum atomic E-state index is -4.01. The number of rotatable bonds is 1. The van der Waals surface area contributed by atoms with Crippen LogP contribution in [0, 0.1) is 0 Å². The van der Waals surface area contributed by atoms with Crippen LogP contribution >= 0.6 is 15.9 Å². The second-order valence-electron chi connectivity index (χ2n) is 3.64. The van der Waals surface area contributed by atoms with E-state index in [-0.39, 0.29) is 0 Å². The number of halogens is 1. The molecule has 1 aromatic carbocycles. The Morgan fingerprint density at radius 2 is 2.00 bits per heavy atom. The fraction of sp³-hybridized carbons (Fsp3) is 0.100. The van der Waals surface area contributed by atoms with Crippen LogP contribution in [0.1, 0.15) is 0 Å². The number of aryl methyl sites for hydroxylation is 1. The van der Waals surface area contributed by atoms with Crippen molar-refractivity contribution in [3.63, 3.8) is 0 Å². The van der Waals surface area contributed by atoms with E-state index in [4.69, 9.17) is 5.14 Å².